The van der Waals surface area contributed by atoms with Crippen molar-refractivity contribution in [2.75, 3.05) is 39.6 Å². The molecule has 0 fully saturated rings. The normalized spacial score (nSPS) is 14.1. The Kier molecular flexibility index (Phi) is 66.2. The lowest BCUT2D eigenvalue weighted by Gasteiger charge is -2.21. The van der Waals surface area contributed by atoms with Crippen LogP contribution in [0.4, 0.5) is 0 Å². The number of unbranched alkanes of at least 4 members (excludes halogenated alkanes) is 43. The van der Waals surface area contributed by atoms with Crippen molar-refractivity contribution in [1.29, 1.82) is 0 Å². The number of hydrogen-bond donors (Lipinski definition) is 3. The fourth-order valence-corrected chi connectivity index (χ4v) is 13.4. The van der Waals surface area contributed by atoms with Crippen LogP contribution >= 0.6 is 15.6 Å². The van der Waals surface area contributed by atoms with Gasteiger partial charge in [0.2, 0.25) is 0 Å². The first-order valence-corrected chi connectivity index (χ1v) is 42.8. The largest absolute Gasteiger partial charge is 0.472 e. The van der Waals surface area contributed by atoms with Crippen molar-refractivity contribution < 1.29 is 80.2 Å². The van der Waals surface area contributed by atoms with E-state index in [1.165, 1.54) is 205 Å². The highest BCUT2D eigenvalue weighted by Crippen LogP contribution is 2.45. The molecule has 0 saturated heterocycles. The lowest BCUT2D eigenvalue weighted by molar-refractivity contribution is -0.161. The Morgan fingerprint density at radius 3 is 0.708 bits per heavy atom. The average Bonchev–Trinajstić information content (AvgIpc) is 1.67. The first-order chi connectivity index (χ1) is 46.2. The number of phosphoric ester groups is 2. The molecule has 5 atom stereocenters. The second-order valence-corrected chi connectivity index (χ2v) is 32.1. The van der Waals surface area contributed by atoms with Crippen LogP contribution in [0.1, 0.15) is 395 Å². The van der Waals surface area contributed by atoms with Crippen molar-refractivity contribution in [2.24, 2.45) is 17.8 Å². The summed E-state index contributed by atoms with van der Waals surface area (Å²) < 4.78 is 68.6. The minimum atomic E-state index is -4.96. The summed E-state index contributed by atoms with van der Waals surface area (Å²) in [4.78, 5) is 72.8. The molecule has 0 spiro atoms. The highest BCUT2D eigenvalue weighted by atomic mass is 31.2. The Balaban J connectivity index is 5.24. The summed E-state index contributed by atoms with van der Waals surface area (Å²) >= 11 is 0. The first kappa shape index (κ1) is 94.1. The first-order valence-electron chi connectivity index (χ1n) is 39.8. The van der Waals surface area contributed by atoms with E-state index in [1.807, 2.05) is 0 Å². The van der Waals surface area contributed by atoms with Crippen LogP contribution in [0.25, 0.3) is 0 Å². The third kappa shape index (κ3) is 70.5. The van der Waals surface area contributed by atoms with Gasteiger partial charge in [0.05, 0.1) is 26.4 Å². The van der Waals surface area contributed by atoms with E-state index in [2.05, 4.69) is 48.5 Å². The fourth-order valence-electron chi connectivity index (χ4n) is 11.8. The number of ether oxygens (including phenoxy) is 4. The molecular formula is C77H150O17P2. The second-order valence-electron chi connectivity index (χ2n) is 29.2. The van der Waals surface area contributed by atoms with E-state index in [9.17, 15) is 43.2 Å². The van der Waals surface area contributed by atoms with Crippen LogP contribution in [0.3, 0.4) is 0 Å². The van der Waals surface area contributed by atoms with E-state index >= 15 is 0 Å². The van der Waals surface area contributed by atoms with Gasteiger partial charge in [-0.25, -0.2) is 9.13 Å². The Hall–Kier alpha value is -1.94. The van der Waals surface area contributed by atoms with Crippen LogP contribution in [-0.4, -0.2) is 96.7 Å². The number of hydrogen-bond acceptors (Lipinski definition) is 15. The highest BCUT2D eigenvalue weighted by Gasteiger charge is 2.30. The van der Waals surface area contributed by atoms with Gasteiger partial charge in [-0.15, -0.1) is 0 Å². The zero-order valence-corrected chi connectivity index (χ0v) is 64.6. The number of carbonyl (C=O) groups excluding carboxylic acids is 4. The van der Waals surface area contributed by atoms with Gasteiger partial charge in [0, 0.05) is 25.7 Å². The predicted molar refractivity (Wildman–Crippen MR) is 391 cm³/mol. The SMILES string of the molecule is CCCCCCCCCCCCCCCCCCCC(=O)OC[C@H](COP(=O)(O)OC[C@@H](O)COP(=O)(O)OC[C@@H](COC(=O)CCCCCCCCCCC(C)C)OC(=O)CCCCCCCCCCC(C)C)OC(=O)CCCCCCCCCCCCCCCCC(C)C. The van der Waals surface area contributed by atoms with E-state index in [4.69, 9.17) is 37.0 Å². The number of carbonyl (C=O) groups is 4. The minimum absolute atomic E-state index is 0.104. The standard InChI is InChI=1S/C77H150O17P2/c1-8-9-10-11-12-13-14-15-16-17-18-22-25-28-37-44-51-58-74(79)87-64-72(93-76(81)60-53-46-39-29-26-23-20-19-21-24-27-34-41-48-55-68(2)3)66-91-95(83,84)89-62-71(78)63-90-96(85,86)92-67-73(94-77(82)61-54-47-40-33-31-36-43-50-57-70(6)7)65-88-75(80)59-52-45-38-32-30-35-42-49-56-69(4)5/h68-73,78H,8-67H2,1-7H3,(H,83,84)(H,85,86)/t71-,72-,73-/m1/s1. The van der Waals surface area contributed by atoms with Crippen LogP contribution in [0.15, 0.2) is 0 Å². The molecule has 570 valence electrons. The molecule has 0 aromatic rings. The van der Waals surface area contributed by atoms with Gasteiger partial charge in [-0.05, 0) is 43.4 Å². The molecule has 0 rings (SSSR count). The molecule has 0 aromatic heterocycles. The lowest BCUT2D eigenvalue weighted by atomic mass is 10.0. The Bertz CT molecular complexity index is 1870. The maximum absolute atomic E-state index is 13.1. The summed E-state index contributed by atoms with van der Waals surface area (Å²) in [5.41, 5.74) is 0. The highest BCUT2D eigenvalue weighted by molar-refractivity contribution is 7.47. The molecular weight excluding hydrogens is 1260 g/mol. The van der Waals surface area contributed by atoms with Crippen LogP contribution in [0, 0.1) is 17.8 Å². The van der Waals surface area contributed by atoms with Gasteiger partial charge >= 0.3 is 39.5 Å². The molecule has 96 heavy (non-hydrogen) atoms. The summed E-state index contributed by atoms with van der Waals surface area (Å²) in [5.74, 6) is 0.121. The van der Waals surface area contributed by atoms with Crippen LogP contribution in [-0.2, 0) is 65.4 Å². The van der Waals surface area contributed by atoms with E-state index in [0.717, 1.165) is 108 Å². The number of aliphatic hydroxyl groups is 1. The van der Waals surface area contributed by atoms with E-state index in [-0.39, 0.29) is 25.7 Å². The monoisotopic (exact) mass is 1410 g/mol. The van der Waals surface area contributed by atoms with Crippen molar-refractivity contribution in [3.05, 3.63) is 0 Å². The van der Waals surface area contributed by atoms with Gasteiger partial charge in [-0.2, -0.15) is 0 Å². The average molecular weight is 1410 g/mol. The maximum atomic E-state index is 13.1. The molecule has 0 radical (unpaired) electrons. The molecule has 19 heteroatoms. The van der Waals surface area contributed by atoms with Gasteiger partial charge < -0.3 is 33.8 Å². The molecule has 17 nitrogen and oxygen atoms in total. The summed E-state index contributed by atoms with van der Waals surface area (Å²) in [5, 5.41) is 10.6. The van der Waals surface area contributed by atoms with Gasteiger partial charge in [-0.3, -0.25) is 37.3 Å². The molecule has 0 saturated carbocycles. The predicted octanol–water partition coefficient (Wildman–Crippen LogP) is 22.6. The second kappa shape index (κ2) is 67.5. The molecule has 0 amide bonds. The fraction of sp³-hybridized carbons (Fsp3) is 0.948. The summed E-state index contributed by atoms with van der Waals surface area (Å²) in [7, 11) is -9.91. The molecule has 0 aliphatic heterocycles. The third-order valence-electron chi connectivity index (χ3n) is 17.9. The van der Waals surface area contributed by atoms with Crippen molar-refractivity contribution in [3.8, 4) is 0 Å². The van der Waals surface area contributed by atoms with E-state index < -0.39 is 97.5 Å². The number of rotatable bonds is 75. The number of phosphoric acid groups is 2. The third-order valence-corrected chi connectivity index (χ3v) is 19.8. The number of aliphatic hydroxyl groups excluding tert-OH is 1. The van der Waals surface area contributed by atoms with Crippen LogP contribution < -0.4 is 0 Å². The molecule has 0 aliphatic carbocycles. The van der Waals surface area contributed by atoms with Gasteiger partial charge in [0.15, 0.2) is 12.2 Å². The Labute approximate surface area is 588 Å². The zero-order chi connectivity index (χ0) is 70.9. The maximum Gasteiger partial charge on any atom is 0.472 e. The minimum Gasteiger partial charge on any atom is -0.462 e. The van der Waals surface area contributed by atoms with Crippen molar-refractivity contribution in [2.45, 2.75) is 414 Å². The smallest absolute Gasteiger partial charge is 0.462 e. The molecule has 3 N–H and O–H groups in total. The number of esters is 4. The van der Waals surface area contributed by atoms with Gasteiger partial charge in [0.1, 0.15) is 19.3 Å². The van der Waals surface area contributed by atoms with Crippen LogP contribution in [0.2, 0.25) is 0 Å². The Morgan fingerprint density at radius 2 is 0.479 bits per heavy atom. The van der Waals surface area contributed by atoms with Crippen molar-refractivity contribution in [3.63, 3.8) is 0 Å². The lowest BCUT2D eigenvalue weighted by Crippen LogP contribution is -2.30. The molecule has 2 unspecified atom stereocenters. The van der Waals surface area contributed by atoms with Crippen molar-refractivity contribution in [1.82, 2.24) is 0 Å². The molecule has 0 aromatic carbocycles. The van der Waals surface area contributed by atoms with E-state index in [1.54, 1.807) is 0 Å². The Morgan fingerprint density at radius 1 is 0.281 bits per heavy atom. The molecule has 0 aliphatic rings. The summed E-state index contributed by atoms with van der Waals surface area (Å²) in [6.07, 6.45) is 54.2. The van der Waals surface area contributed by atoms with E-state index in [0.29, 0.717) is 25.7 Å². The molecule has 0 bridgehead atoms. The van der Waals surface area contributed by atoms with Gasteiger partial charge in [-0.1, -0.05) is 344 Å². The zero-order valence-electron chi connectivity index (χ0n) is 62.8. The molecule has 0 heterocycles. The topological polar surface area (TPSA) is 237 Å². The van der Waals surface area contributed by atoms with Gasteiger partial charge in [0.25, 0.3) is 0 Å². The summed E-state index contributed by atoms with van der Waals surface area (Å²) in [6.45, 7) is 11.9. The summed E-state index contributed by atoms with van der Waals surface area (Å²) in [6, 6.07) is 0. The quantitative estimate of drug-likeness (QED) is 0.0222. The van der Waals surface area contributed by atoms with Crippen LogP contribution in [0.5, 0.6) is 0 Å². The van der Waals surface area contributed by atoms with Crippen molar-refractivity contribution >= 4 is 39.5 Å².